The fourth-order valence-electron chi connectivity index (χ4n) is 2.18. The summed E-state index contributed by atoms with van der Waals surface area (Å²) in [4.78, 5) is 10.0. The highest BCUT2D eigenvalue weighted by Crippen LogP contribution is 2.14. The Labute approximate surface area is 117 Å². The molecule has 1 aliphatic heterocycles. The highest BCUT2D eigenvalue weighted by atomic mass is 32.2. The fraction of sp³-hybridized carbons (Fsp3) is 0.500. The average Bonchev–Trinajstić information content (AvgIpc) is 2.39. The molecule has 0 saturated carbocycles. The number of piperidine rings is 1. The van der Waals surface area contributed by atoms with E-state index in [0.29, 0.717) is 12.1 Å². The minimum absolute atomic E-state index is 0.0458. The van der Waals surface area contributed by atoms with Crippen molar-refractivity contribution in [3.8, 4) is 0 Å². The molecule has 1 atom stereocenters. The lowest BCUT2D eigenvalue weighted by atomic mass is 10.1. The largest absolute Gasteiger partial charge is 0.315 e. The summed E-state index contributed by atoms with van der Waals surface area (Å²) in [5.41, 5.74) is 0.488. The van der Waals surface area contributed by atoms with Gasteiger partial charge < -0.3 is 5.32 Å². The number of sulfonamides is 1. The van der Waals surface area contributed by atoms with Crippen LogP contribution in [0.25, 0.3) is 0 Å². The Morgan fingerprint density at radius 3 is 2.60 bits per heavy atom. The first-order chi connectivity index (χ1) is 9.46. The van der Waals surface area contributed by atoms with E-state index in [9.17, 15) is 18.5 Å². The second-order valence-electron chi connectivity index (χ2n) is 4.84. The quantitative estimate of drug-likeness (QED) is 0.617. The molecular formula is C12H17N3O4S. The SMILES string of the molecule is O=[N+]([O-])c1ccc(CS(=O)(=O)N[C@H]2CCCNC2)cc1. The van der Waals surface area contributed by atoms with Crippen LogP contribution in [0, 0.1) is 10.1 Å². The van der Waals surface area contributed by atoms with E-state index in [0.717, 1.165) is 19.4 Å². The summed E-state index contributed by atoms with van der Waals surface area (Å²) in [6.45, 7) is 1.56. The first-order valence-electron chi connectivity index (χ1n) is 6.40. The number of benzene rings is 1. The van der Waals surface area contributed by atoms with Crippen molar-refractivity contribution in [2.75, 3.05) is 13.1 Å². The maximum atomic E-state index is 12.0. The lowest BCUT2D eigenvalue weighted by Gasteiger charge is -2.23. The molecule has 7 nitrogen and oxygen atoms in total. The molecule has 0 radical (unpaired) electrons. The zero-order chi connectivity index (χ0) is 14.6. The molecule has 0 aromatic heterocycles. The molecule has 0 bridgehead atoms. The zero-order valence-electron chi connectivity index (χ0n) is 10.9. The van der Waals surface area contributed by atoms with Crippen LogP contribution in [0.5, 0.6) is 0 Å². The summed E-state index contributed by atoms with van der Waals surface area (Å²) in [7, 11) is -3.43. The molecule has 110 valence electrons. The molecule has 8 heteroatoms. The third kappa shape index (κ3) is 4.26. The van der Waals surface area contributed by atoms with Crippen LogP contribution >= 0.6 is 0 Å². The Hall–Kier alpha value is -1.51. The molecule has 0 aliphatic carbocycles. The highest BCUT2D eigenvalue weighted by Gasteiger charge is 2.20. The van der Waals surface area contributed by atoms with Crippen LogP contribution in [-0.2, 0) is 15.8 Å². The molecule has 1 saturated heterocycles. The van der Waals surface area contributed by atoms with Crippen molar-refractivity contribution >= 4 is 15.7 Å². The zero-order valence-corrected chi connectivity index (χ0v) is 11.7. The topological polar surface area (TPSA) is 101 Å². The Bertz CT molecular complexity index is 565. The van der Waals surface area contributed by atoms with Crippen molar-refractivity contribution in [2.45, 2.75) is 24.6 Å². The van der Waals surface area contributed by atoms with Crippen molar-refractivity contribution in [3.05, 3.63) is 39.9 Å². The van der Waals surface area contributed by atoms with Crippen molar-refractivity contribution in [1.29, 1.82) is 0 Å². The number of hydrogen-bond acceptors (Lipinski definition) is 5. The molecule has 20 heavy (non-hydrogen) atoms. The smallest absolute Gasteiger partial charge is 0.269 e. The van der Waals surface area contributed by atoms with Gasteiger partial charge in [0.2, 0.25) is 10.0 Å². The van der Waals surface area contributed by atoms with Gasteiger partial charge in [0.15, 0.2) is 0 Å². The van der Waals surface area contributed by atoms with Crippen LogP contribution in [0.3, 0.4) is 0 Å². The van der Waals surface area contributed by atoms with Crippen LogP contribution in [0.2, 0.25) is 0 Å². The fourth-order valence-corrected chi connectivity index (χ4v) is 3.60. The summed E-state index contributed by atoms with van der Waals surface area (Å²) in [6.07, 6.45) is 1.78. The van der Waals surface area contributed by atoms with Crippen LogP contribution in [0.1, 0.15) is 18.4 Å². The number of nitro groups is 1. The van der Waals surface area contributed by atoms with E-state index in [4.69, 9.17) is 0 Å². The van der Waals surface area contributed by atoms with Gasteiger partial charge in [0, 0.05) is 24.7 Å². The summed E-state index contributed by atoms with van der Waals surface area (Å²) < 4.78 is 26.7. The predicted octanol–water partition coefficient (Wildman–Crippen LogP) is 0.766. The number of hydrogen-bond donors (Lipinski definition) is 2. The van der Waals surface area contributed by atoms with Crippen molar-refractivity contribution < 1.29 is 13.3 Å². The predicted molar refractivity (Wildman–Crippen MR) is 74.7 cm³/mol. The van der Waals surface area contributed by atoms with Crippen molar-refractivity contribution in [1.82, 2.24) is 10.0 Å². The number of rotatable bonds is 5. The van der Waals surface area contributed by atoms with E-state index < -0.39 is 14.9 Å². The molecule has 1 aliphatic rings. The third-order valence-electron chi connectivity index (χ3n) is 3.15. The van der Waals surface area contributed by atoms with Gasteiger partial charge in [0.05, 0.1) is 10.7 Å². The van der Waals surface area contributed by atoms with Gasteiger partial charge in [-0.05, 0) is 24.9 Å². The second-order valence-corrected chi connectivity index (χ2v) is 6.60. The first-order valence-corrected chi connectivity index (χ1v) is 8.05. The molecule has 1 aromatic rings. The lowest BCUT2D eigenvalue weighted by Crippen LogP contribution is -2.45. The van der Waals surface area contributed by atoms with E-state index in [1.807, 2.05) is 0 Å². The molecule has 2 rings (SSSR count). The van der Waals surface area contributed by atoms with Gasteiger partial charge in [-0.15, -0.1) is 0 Å². The van der Waals surface area contributed by atoms with E-state index in [1.165, 1.54) is 24.3 Å². The van der Waals surface area contributed by atoms with Gasteiger partial charge in [-0.25, -0.2) is 13.1 Å². The van der Waals surface area contributed by atoms with Crippen LogP contribution in [0.4, 0.5) is 5.69 Å². The molecule has 0 unspecified atom stereocenters. The molecular weight excluding hydrogens is 282 g/mol. The first kappa shape index (κ1) is 14.9. The lowest BCUT2D eigenvalue weighted by molar-refractivity contribution is -0.384. The normalized spacial score (nSPS) is 19.7. The minimum atomic E-state index is -3.43. The molecule has 2 N–H and O–H groups in total. The Morgan fingerprint density at radius 2 is 2.05 bits per heavy atom. The summed E-state index contributed by atoms with van der Waals surface area (Å²) in [5, 5.41) is 13.7. The van der Waals surface area contributed by atoms with Crippen LogP contribution < -0.4 is 10.0 Å². The van der Waals surface area contributed by atoms with Gasteiger partial charge in [0.25, 0.3) is 5.69 Å². The van der Waals surface area contributed by atoms with Crippen LogP contribution in [-0.4, -0.2) is 32.5 Å². The monoisotopic (exact) mass is 299 g/mol. The number of non-ortho nitro benzene ring substituents is 1. The molecule has 1 heterocycles. The third-order valence-corrected chi connectivity index (χ3v) is 4.55. The van der Waals surface area contributed by atoms with Crippen molar-refractivity contribution in [3.63, 3.8) is 0 Å². The van der Waals surface area contributed by atoms with E-state index >= 15 is 0 Å². The highest BCUT2D eigenvalue weighted by molar-refractivity contribution is 7.88. The van der Waals surface area contributed by atoms with Crippen molar-refractivity contribution in [2.24, 2.45) is 0 Å². The second kappa shape index (κ2) is 6.29. The minimum Gasteiger partial charge on any atom is -0.315 e. The van der Waals surface area contributed by atoms with Gasteiger partial charge in [-0.2, -0.15) is 0 Å². The van der Waals surface area contributed by atoms with Gasteiger partial charge >= 0.3 is 0 Å². The van der Waals surface area contributed by atoms with Crippen LogP contribution in [0.15, 0.2) is 24.3 Å². The molecule has 0 amide bonds. The maximum Gasteiger partial charge on any atom is 0.269 e. The standard InChI is InChI=1S/C12H17N3O4S/c16-15(17)12-5-3-10(4-6-12)9-20(18,19)14-11-2-1-7-13-8-11/h3-6,11,13-14H,1-2,7-9H2/t11-/m0/s1. The van der Waals surface area contributed by atoms with E-state index in [2.05, 4.69) is 10.0 Å². The van der Waals surface area contributed by atoms with Gasteiger partial charge in [-0.3, -0.25) is 10.1 Å². The maximum absolute atomic E-state index is 12.0. The Kier molecular flexibility index (Phi) is 4.69. The number of nitrogens with one attached hydrogen (secondary N) is 2. The summed E-state index contributed by atoms with van der Waals surface area (Å²) >= 11 is 0. The Balaban J connectivity index is 1.98. The van der Waals surface area contributed by atoms with Gasteiger partial charge in [-0.1, -0.05) is 12.1 Å². The van der Waals surface area contributed by atoms with Gasteiger partial charge in [0.1, 0.15) is 0 Å². The van der Waals surface area contributed by atoms with E-state index in [-0.39, 0.29) is 17.5 Å². The summed E-state index contributed by atoms with van der Waals surface area (Å²) in [6, 6.07) is 5.49. The average molecular weight is 299 g/mol. The molecule has 1 fully saturated rings. The summed E-state index contributed by atoms with van der Waals surface area (Å²) in [5.74, 6) is -0.165. The number of nitro benzene ring substituents is 1. The van der Waals surface area contributed by atoms with E-state index in [1.54, 1.807) is 0 Å². The number of nitrogens with zero attached hydrogens (tertiary/aromatic N) is 1. The molecule has 1 aromatic carbocycles. The Morgan fingerprint density at radius 1 is 1.35 bits per heavy atom. The molecule has 0 spiro atoms.